The van der Waals surface area contributed by atoms with Crippen LogP contribution < -0.4 is 11.1 Å². The van der Waals surface area contributed by atoms with E-state index >= 15 is 0 Å². The Morgan fingerprint density at radius 1 is 1.28 bits per heavy atom. The van der Waals surface area contributed by atoms with Gasteiger partial charge in [-0.05, 0) is 27.7 Å². The molecular weight excluding hydrogens is 341 g/mol. The first-order valence-electron chi connectivity index (χ1n) is 7.83. The van der Waals surface area contributed by atoms with Crippen LogP contribution >= 0.6 is 11.3 Å². The number of nitrogens with one attached hydrogen (secondary N) is 1. The maximum Gasteiger partial charge on any atom is 0.228 e. The number of aliphatic imine (C=N–C) groups is 1. The highest BCUT2D eigenvalue weighted by Gasteiger charge is 2.18. The van der Waals surface area contributed by atoms with Crippen LogP contribution in [0.1, 0.15) is 54.4 Å². The fraction of sp³-hybridized carbons (Fsp3) is 0.438. The number of hydrogen-bond acceptors (Lipinski definition) is 8. The van der Waals surface area contributed by atoms with E-state index in [1.54, 1.807) is 24.6 Å². The minimum absolute atomic E-state index is 0.0127. The molecule has 0 fully saturated rings. The number of nitrogens with zero attached hydrogens (tertiary/aromatic N) is 5. The van der Waals surface area contributed by atoms with E-state index in [4.69, 9.17) is 5.73 Å². The minimum atomic E-state index is -1.32. The molecule has 134 valence electrons. The average molecular weight is 363 g/mol. The molecule has 25 heavy (non-hydrogen) atoms. The third-order valence-electron chi connectivity index (χ3n) is 3.42. The standard InChI is InChI=1S/C16H22FN7S/c1-6-11(7-19-5)14-20-9(3)12(25-14)10(4)21-16-23-13(8(2)17)22-15(18)24-16/h6-8,10H,1-5H3,(H3,18,21,22,23,24)/b11-6+,19-7?. The van der Waals surface area contributed by atoms with Gasteiger partial charge in [0.25, 0.3) is 0 Å². The SMILES string of the molecule is C/C=C(\C=NC)c1nc(C)c(C(C)Nc2nc(N)nc(C(C)F)n2)s1. The van der Waals surface area contributed by atoms with Gasteiger partial charge in [-0.1, -0.05) is 6.08 Å². The number of allylic oxidation sites excluding steroid dienone is 2. The van der Waals surface area contributed by atoms with Crippen molar-refractivity contribution in [3.8, 4) is 0 Å². The van der Waals surface area contributed by atoms with Crippen LogP contribution in [0.5, 0.6) is 0 Å². The van der Waals surface area contributed by atoms with Crippen molar-refractivity contribution in [3.05, 3.63) is 27.5 Å². The normalized spacial score (nSPS) is 14.7. The summed E-state index contributed by atoms with van der Waals surface area (Å²) in [6, 6.07) is -0.118. The fourth-order valence-corrected chi connectivity index (χ4v) is 3.35. The lowest BCUT2D eigenvalue weighted by molar-refractivity contribution is 0.356. The number of nitrogens with two attached hydrogens (primary N) is 1. The van der Waals surface area contributed by atoms with Crippen molar-refractivity contribution in [2.24, 2.45) is 4.99 Å². The molecule has 0 amide bonds. The number of anilines is 2. The molecule has 0 saturated carbocycles. The zero-order valence-corrected chi connectivity index (χ0v) is 15.7. The number of hydrogen-bond donors (Lipinski definition) is 2. The minimum Gasteiger partial charge on any atom is -0.368 e. The fourth-order valence-electron chi connectivity index (χ4n) is 2.24. The van der Waals surface area contributed by atoms with Gasteiger partial charge >= 0.3 is 0 Å². The highest BCUT2D eigenvalue weighted by atomic mass is 32.1. The number of nitrogen functional groups attached to an aromatic ring is 1. The van der Waals surface area contributed by atoms with Crippen molar-refractivity contribution in [2.45, 2.75) is 39.9 Å². The van der Waals surface area contributed by atoms with Gasteiger partial charge in [0, 0.05) is 18.8 Å². The van der Waals surface area contributed by atoms with Crippen molar-refractivity contribution >= 4 is 35.0 Å². The third kappa shape index (κ3) is 4.56. The van der Waals surface area contributed by atoms with Gasteiger partial charge < -0.3 is 11.1 Å². The van der Waals surface area contributed by atoms with Crippen LogP contribution in [0.2, 0.25) is 0 Å². The molecule has 0 aromatic carbocycles. The smallest absolute Gasteiger partial charge is 0.228 e. The van der Waals surface area contributed by atoms with Crippen molar-refractivity contribution in [3.63, 3.8) is 0 Å². The van der Waals surface area contributed by atoms with E-state index in [0.29, 0.717) is 0 Å². The molecule has 2 aromatic rings. The molecule has 0 radical (unpaired) electrons. The van der Waals surface area contributed by atoms with Crippen LogP contribution in [0.3, 0.4) is 0 Å². The monoisotopic (exact) mass is 363 g/mol. The number of rotatable bonds is 6. The Hall–Kier alpha value is -2.42. The van der Waals surface area contributed by atoms with Crippen molar-refractivity contribution < 1.29 is 4.39 Å². The van der Waals surface area contributed by atoms with Gasteiger partial charge in [0.05, 0.1) is 16.6 Å². The molecule has 7 nitrogen and oxygen atoms in total. The zero-order valence-electron chi connectivity index (χ0n) is 14.9. The van der Waals surface area contributed by atoms with Gasteiger partial charge in [0.2, 0.25) is 11.9 Å². The van der Waals surface area contributed by atoms with Gasteiger partial charge in [-0.2, -0.15) is 15.0 Å². The highest BCUT2D eigenvalue weighted by Crippen LogP contribution is 2.30. The van der Waals surface area contributed by atoms with Gasteiger partial charge in [0.1, 0.15) is 5.01 Å². The third-order valence-corrected chi connectivity index (χ3v) is 4.81. The van der Waals surface area contributed by atoms with Crippen molar-refractivity contribution in [1.82, 2.24) is 19.9 Å². The Morgan fingerprint density at radius 3 is 2.60 bits per heavy atom. The van der Waals surface area contributed by atoms with Gasteiger partial charge in [0.15, 0.2) is 12.0 Å². The van der Waals surface area contributed by atoms with E-state index in [0.717, 1.165) is 21.2 Å². The molecule has 0 saturated heterocycles. The number of aryl methyl sites for hydroxylation is 1. The number of alkyl halides is 1. The molecule has 0 bridgehead atoms. The first kappa shape index (κ1) is 18.9. The summed E-state index contributed by atoms with van der Waals surface area (Å²) in [5.74, 6) is 0.246. The highest BCUT2D eigenvalue weighted by molar-refractivity contribution is 7.13. The summed E-state index contributed by atoms with van der Waals surface area (Å²) >= 11 is 1.56. The summed E-state index contributed by atoms with van der Waals surface area (Å²) in [5.41, 5.74) is 7.51. The number of halogens is 1. The summed E-state index contributed by atoms with van der Waals surface area (Å²) in [6.07, 6.45) is 2.43. The topological polar surface area (TPSA) is 102 Å². The summed E-state index contributed by atoms with van der Waals surface area (Å²) in [5, 5.41) is 4.04. The largest absolute Gasteiger partial charge is 0.368 e. The molecule has 0 aliphatic rings. The molecule has 0 aliphatic carbocycles. The summed E-state index contributed by atoms with van der Waals surface area (Å²) in [6.45, 7) is 7.21. The second-order valence-electron chi connectivity index (χ2n) is 5.46. The first-order chi connectivity index (χ1) is 11.8. The molecule has 2 unspecified atom stereocenters. The first-order valence-corrected chi connectivity index (χ1v) is 8.65. The van der Waals surface area contributed by atoms with Gasteiger partial charge in [-0.3, -0.25) is 4.99 Å². The Bertz CT molecular complexity index is 798. The van der Waals surface area contributed by atoms with Gasteiger partial charge in [-0.25, -0.2) is 9.37 Å². The van der Waals surface area contributed by atoms with E-state index < -0.39 is 6.17 Å². The van der Waals surface area contributed by atoms with Crippen LogP contribution in [0.15, 0.2) is 11.1 Å². The van der Waals surface area contributed by atoms with Crippen LogP contribution in [-0.4, -0.2) is 33.2 Å². The lowest BCUT2D eigenvalue weighted by Crippen LogP contribution is -2.13. The maximum atomic E-state index is 13.5. The van der Waals surface area contributed by atoms with Crippen LogP contribution in [0.4, 0.5) is 16.3 Å². The predicted molar refractivity (Wildman–Crippen MR) is 101 cm³/mol. The van der Waals surface area contributed by atoms with Crippen LogP contribution in [0, 0.1) is 6.92 Å². The molecular formula is C16H22FN7S. The molecule has 2 atom stereocenters. The van der Waals surface area contributed by atoms with E-state index in [1.807, 2.05) is 26.8 Å². The maximum absolute atomic E-state index is 13.5. The molecule has 3 N–H and O–H groups in total. The lowest BCUT2D eigenvalue weighted by Gasteiger charge is -2.13. The second kappa shape index (κ2) is 8.11. The van der Waals surface area contributed by atoms with Crippen molar-refractivity contribution in [1.29, 1.82) is 0 Å². The Morgan fingerprint density at radius 2 is 2.00 bits per heavy atom. The van der Waals surface area contributed by atoms with E-state index in [1.165, 1.54) is 6.92 Å². The van der Waals surface area contributed by atoms with Gasteiger partial charge in [-0.15, -0.1) is 11.3 Å². The van der Waals surface area contributed by atoms with Crippen molar-refractivity contribution in [2.75, 3.05) is 18.1 Å². The molecule has 0 spiro atoms. The summed E-state index contributed by atoms with van der Waals surface area (Å²) in [4.78, 5) is 21.6. The predicted octanol–water partition coefficient (Wildman–Crippen LogP) is 3.53. The molecule has 2 rings (SSSR count). The Kier molecular flexibility index (Phi) is 6.13. The lowest BCUT2D eigenvalue weighted by atomic mass is 10.2. The van der Waals surface area contributed by atoms with E-state index in [2.05, 4.69) is 30.2 Å². The quantitative estimate of drug-likeness (QED) is 0.761. The molecule has 2 aromatic heterocycles. The van der Waals surface area contributed by atoms with E-state index in [9.17, 15) is 4.39 Å². The summed E-state index contributed by atoms with van der Waals surface area (Å²) < 4.78 is 13.5. The van der Waals surface area contributed by atoms with Crippen LogP contribution in [0.25, 0.3) is 5.57 Å². The second-order valence-corrected chi connectivity index (χ2v) is 6.49. The van der Waals surface area contributed by atoms with Crippen LogP contribution in [-0.2, 0) is 0 Å². The molecule has 0 aliphatic heterocycles. The zero-order chi connectivity index (χ0) is 18.6. The Balaban J connectivity index is 2.27. The number of thiazole rings is 1. The average Bonchev–Trinajstić information content (AvgIpc) is 2.93. The number of aromatic nitrogens is 4. The van der Waals surface area contributed by atoms with E-state index in [-0.39, 0.29) is 23.8 Å². The molecule has 9 heteroatoms. The summed E-state index contributed by atoms with van der Waals surface area (Å²) in [7, 11) is 1.73. The molecule has 2 heterocycles. The Labute approximate surface area is 150 Å².